The molecule has 0 atom stereocenters. The zero-order chi connectivity index (χ0) is 24.4. The van der Waals surface area contributed by atoms with Gasteiger partial charge in [0.25, 0.3) is 0 Å². The minimum Gasteiger partial charge on any atom is -0.341 e. The maximum atomic E-state index is 12.1. The predicted molar refractivity (Wildman–Crippen MR) is 165 cm³/mol. The van der Waals surface area contributed by atoms with Gasteiger partial charge >= 0.3 is 0 Å². The predicted octanol–water partition coefficient (Wildman–Crippen LogP) is 8.12. The molecule has 4 nitrogen and oxygen atoms in total. The van der Waals surface area contributed by atoms with E-state index >= 15 is 0 Å². The van der Waals surface area contributed by atoms with Gasteiger partial charge < -0.3 is 10.2 Å². The van der Waals surface area contributed by atoms with Crippen LogP contribution in [0.3, 0.4) is 0 Å². The Bertz CT molecular complexity index is 552. The minimum atomic E-state index is -0.252. The fourth-order valence-electron chi connectivity index (χ4n) is 3.16. The van der Waals surface area contributed by atoms with E-state index in [-0.39, 0.29) is 31.1 Å². The third-order valence-corrected chi connectivity index (χ3v) is 7.43. The standard InChI is InChI=1S/C11H20BrNOS.C7H13NOS.CH2Br2.I2/c1-10(2)9(14)13(8-6-5-7-12)11(3,4)15-10;1-6(2)5(9)8-7(3,4)10-6;2-1-3;1-2/h5-8H2,1-4H3;1-4H3,(H,8,9);1H2;. The van der Waals surface area contributed by atoms with Gasteiger partial charge in [-0.1, -0.05) is 47.8 Å². The van der Waals surface area contributed by atoms with Crippen molar-refractivity contribution in [3.8, 4) is 0 Å². The molecule has 11 heteroatoms. The average molecular weight is 881 g/mol. The number of unbranched alkanes of at least 4 members (excludes halogenated alkanes) is 1. The number of hydrogen-bond acceptors (Lipinski definition) is 4. The van der Waals surface area contributed by atoms with Crippen LogP contribution in [-0.4, -0.2) is 52.1 Å². The van der Waals surface area contributed by atoms with Gasteiger partial charge in [0.15, 0.2) is 0 Å². The van der Waals surface area contributed by atoms with E-state index < -0.39 is 0 Å². The molecule has 0 bridgehead atoms. The van der Waals surface area contributed by atoms with Crippen molar-refractivity contribution >= 4 is 120 Å². The molecule has 0 aromatic rings. The molecule has 2 heterocycles. The van der Waals surface area contributed by atoms with Gasteiger partial charge in [0.1, 0.15) is 0 Å². The highest BCUT2D eigenvalue weighted by Gasteiger charge is 2.50. The molecule has 0 aromatic heterocycles. The van der Waals surface area contributed by atoms with Gasteiger partial charge in [0, 0.05) is 49.1 Å². The summed E-state index contributed by atoms with van der Waals surface area (Å²) in [5.41, 5.74) is 0. The van der Waals surface area contributed by atoms with Crippen LogP contribution < -0.4 is 5.32 Å². The van der Waals surface area contributed by atoms with Crippen molar-refractivity contribution < 1.29 is 9.59 Å². The van der Waals surface area contributed by atoms with Crippen LogP contribution in [0.25, 0.3) is 0 Å². The second-order valence-corrected chi connectivity index (χ2v) is 16.5. The maximum Gasteiger partial charge on any atom is 0.239 e. The lowest BCUT2D eigenvalue weighted by atomic mass is 10.1. The summed E-state index contributed by atoms with van der Waals surface area (Å²) in [6, 6.07) is 0. The molecule has 2 amide bonds. The number of carbonyl (C=O) groups is 2. The van der Waals surface area contributed by atoms with Crippen molar-refractivity contribution in [1.82, 2.24) is 10.2 Å². The van der Waals surface area contributed by atoms with Gasteiger partial charge in [-0.15, -0.1) is 23.5 Å². The van der Waals surface area contributed by atoms with Gasteiger partial charge in [-0.2, -0.15) is 0 Å². The topological polar surface area (TPSA) is 49.4 Å². The van der Waals surface area contributed by atoms with E-state index in [1.165, 1.54) is 0 Å². The number of rotatable bonds is 4. The van der Waals surface area contributed by atoms with Crippen molar-refractivity contribution in [3.05, 3.63) is 0 Å². The lowest BCUT2D eigenvalue weighted by molar-refractivity contribution is -0.133. The summed E-state index contributed by atoms with van der Waals surface area (Å²) in [6.07, 6.45) is 2.21. The van der Waals surface area contributed by atoms with Crippen LogP contribution in [0, 0.1) is 0 Å². The first-order valence-corrected chi connectivity index (χ1v) is 20.7. The Kier molecular flexibility index (Phi) is 18.0. The molecule has 0 unspecified atom stereocenters. The zero-order valence-corrected chi connectivity index (χ0v) is 29.7. The largest absolute Gasteiger partial charge is 0.341 e. The lowest BCUT2D eigenvalue weighted by Crippen LogP contribution is -2.42. The molecule has 2 rings (SSSR count). The summed E-state index contributed by atoms with van der Waals surface area (Å²) in [5.74, 6) is 0.426. The Morgan fingerprint density at radius 3 is 1.57 bits per heavy atom. The number of nitrogens with one attached hydrogen (secondary N) is 1. The maximum absolute atomic E-state index is 12.1. The molecule has 180 valence electrons. The van der Waals surface area contributed by atoms with Gasteiger partial charge in [0.2, 0.25) is 11.8 Å². The molecule has 2 fully saturated rings. The van der Waals surface area contributed by atoms with E-state index in [1.807, 2.05) is 46.4 Å². The van der Waals surface area contributed by atoms with Crippen LogP contribution in [-0.2, 0) is 9.59 Å². The van der Waals surface area contributed by atoms with Gasteiger partial charge in [-0.3, -0.25) is 9.59 Å². The fraction of sp³-hybridized carbons (Fsp3) is 0.895. The molecule has 30 heavy (non-hydrogen) atoms. The minimum absolute atomic E-state index is 0.0487. The van der Waals surface area contributed by atoms with E-state index in [0.29, 0.717) is 0 Å². The van der Waals surface area contributed by atoms with Crippen molar-refractivity contribution in [1.29, 1.82) is 0 Å². The van der Waals surface area contributed by atoms with Gasteiger partial charge in [0.05, 0.1) is 23.5 Å². The molecule has 2 aliphatic rings. The summed E-state index contributed by atoms with van der Waals surface area (Å²) >= 11 is 17.2. The number of carbonyl (C=O) groups excluding carboxylic acids is 2. The van der Waals surface area contributed by atoms with E-state index in [0.717, 1.165) is 29.0 Å². The Morgan fingerprint density at radius 2 is 1.33 bits per heavy atom. The first-order valence-electron chi connectivity index (χ1n) is 9.43. The fourth-order valence-corrected chi connectivity index (χ4v) is 6.85. The van der Waals surface area contributed by atoms with E-state index in [4.69, 9.17) is 0 Å². The quantitative estimate of drug-likeness (QED) is 0.176. The Labute approximate surface area is 240 Å². The molecular weight excluding hydrogens is 846 g/mol. The molecule has 0 saturated carbocycles. The Balaban J connectivity index is 0. The molecule has 2 aliphatic heterocycles. The highest BCUT2D eigenvalue weighted by Crippen LogP contribution is 2.47. The first-order chi connectivity index (χ1) is 13.6. The Morgan fingerprint density at radius 1 is 0.867 bits per heavy atom. The van der Waals surface area contributed by atoms with E-state index in [9.17, 15) is 9.59 Å². The number of alkyl halides is 3. The molecular formula is C19H35Br3I2N2O2S2. The second kappa shape index (κ2) is 15.5. The normalized spacial score (nSPS) is 22.0. The van der Waals surface area contributed by atoms with Crippen molar-refractivity contribution in [3.63, 3.8) is 0 Å². The second-order valence-electron chi connectivity index (χ2n) is 8.59. The lowest BCUT2D eigenvalue weighted by Gasteiger charge is -2.30. The average Bonchev–Trinajstić information content (AvgIpc) is 2.87. The number of amides is 2. The van der Waals surface area contributed by atoms with Crippen LogP contribution in [0.5, 0.6) is 0 Å². The Hall–Kier alpha value is 2.54. The first kappa shape index (κ1) is 34.7. The third kappa shape index (κ3) is 12.3. The van der Waals surface area contributed by atoms with Crippen molar-refractivity contribution in [2.75, 3.05) is 16.1 Å². The number of thioether (sulfide) groups is 2. The molecule has 1 N–H and O–H groups in total. The summed E-state index contributed by atoms with van der Waals surface area (Å²) in [7, 11) is 0. The number of nitrogens with zero attached hydrogens (tertiary/aromatic N) is 1. The van der Waals surface area contributed by atoms with Gasteiger partial charge in [-0.25, -0.2) is 0 Å². The van der Waals surface area contributed by atoms with Crippen LogP contribution in [0.4, 0.5) is 0 Å². The summed E-state index contributed by atoms with van der Waals surface area (Å²) in [5, 5.41) is 3.93. The van der Waals surface area contributed by atoms with E-state index in [1.54, 1.807) is 23.5 Å². The third-order valence-electron chi connectivity index (χ3n) is 4.15. The molecule has 2 saturated heterocycles. The van der Waals surface area contributed by atoms with Crippen molar-refractivity contribution in [2.24, 2.45) is 0 Å². The van der Waals surface area contributed by atoms with Crippen molar-refractivity contribution in [2.45, 2.75) is 87.5 Å². The molecule has 0 aromatic carbocycles. The summed E-state index contributed by atoms with van der Waals surface area (Å²) in [4.78, 5) is 25.2. The summed E-state index contributed by atoms with van der Waals surface area (Å²) < 4.78 is 0.376. The van der Waals surface area contributed by atoms with Gasteiger partial charge in [-0.05, 0) is 68.2 Å². The van der Waals surface area contributed by atoms with E-state index in [2.05, 4.69) is 104 Å². The van der Waals surface area contributed by atoms with Crippen LogP contribution in [0.15, 0.2) is 0 Å². The monoisotopic (exact) mass is 878 g/mol. The SMILES string of the molecule is BrCBr.CC1(C)NC(=O)C(C)(C)S1.CC1(C)SC(C)(C)N(CCCCBr)C1=O.II. The smallest absolute Gasteiger partial charge is 0.239 e. The zero-order valence-electron chi connectivity index (χ0n) is 19.0. The van der Waals surface area contributed by atoms with Crippen LogP contribution in [0.2, 0.25) is 0 Å². The number of hydrogen-bond donors (Lipinski definition) is 1. The van der Waals surface area contributed by atoms with Crippen LogP contribution in [0.1, 0.15) is 68.2 Å². The molecule has 0 spiro atoms. The molecule has 0 radical (unpaired) electrons. The van der Waals surface area contributed by atoms with Crippen LogP contribution >= 0.6 is 109 Å². The summed E-state index contributed by atoms with van der Waals surface area (Å²) in [6.45, 7) is 17.1. The highest BCUT2D eigenvalue weighted by molar-refractivity contribution is 15.0. The molecule has 0 aliphatic carbocycles. The number of halogens is 5. The highest BCUT2D eigenvalue weighted by atomic mass is 128.